The SMILES string of the molecule is O=C(O)C(=O)C1CC=CCC1. The van der Waals surface area contributed by atoms with Crippen molar-refractivity contribution in [1.29, 1.82) is 0 Å². The largest absolute Gasteiger partial charge is 0.475 e. The Hall–Kier alpha value is -1.12. The smallest absolute Gasteiger partial charge is 0.372 e. The van der Waals surface area contributed by atoms with E-state index in [0.717, 1.165) is 6.42 Å². The summed E-state index contributed by atoms with van der Waals surface area (Å²) in [6.07, 6.45) is 5.94. The second-order valence-corrected chi connectivity index (χ2v) is 2.65. The summed E-state index contributed by atoms with van der Waals surface area (Å²) >= 11 is 0. The Morgan fingerprint density at radius 1 is 1.36 bits per heavy atom. The molecule has 0 aromatic rings. The molecule has 1 unspecified atom stereocenters. The first kappa shape index (κ1) is 7.98. The predicted molar refractivity (Wildman–Crippen MR) is 39.1 cm³/mol. The monoisotopic (exact) mass is 154 g/mol. The van der Waals surface area contributed by atoms with Gasteiger partial charge in [-0.25, -0.2) is 4.79 Å². The number of aliphatic carboxylic acids is 1. The van der Waals surface area contributed by atoms with Crippen molar-refractivity contribution < 1.29 is 14.7 Å². The Balaban J connectivity index is 2.54. The summed E-state index contributed by atoms with van der Waals surface area (Å²) in [7, 11) is 0. The fourth-order valence-electron chi connectivity index (χ4n) is 1.21. The van der Waals surface area contributed by atoms with Gasteiger partial charge in [-0.2, -0.15) is 0 Å². The lowest BCUT2D eigenvalue weighted by atomic mass is 9.91. The van der Waals surface area contributed by atoms with Crippen LogP contribution in [0.15, 0.2) is 12.2 Å². The summed E-state index contributed by atoms with van der Waals surface area (Å²) < 4.78 is 0. The van der Waals surface area contributed by atoms with Gasteiger partial charge in [-0.3, -0.25) is 4.79 Å². The van der Waals surface area contributed by atoms with Gasteiger partial charge in [0.05, 0.1) is 0 Å². The van der Waals surface area contributed by atoms with E-state index in [4.69, 9.17) is 5.11 Å². The van der Waals surface area contributed by atoms with Crippen molar-refractivity contribution in [1.82, 2.24) is 0 Å². The van der Waals surface area contributed by atoms with Crippen LogP contribution in [0.4, 0.5) is 0 Å². The van der Waals surface area contributed by atoms with Crippen LogP contribution in [-0.4, -0.2) is 16.9 Å². The van der Waals surface area contributed by atoms with Crippen molar-refractivity contribution >= 4 is 11.8 Å². The average molecular weight is 154 g/mol. The zero-order chi connectivity index (χ0) is 8.27. The van der Waals surface area contributed by atoms with Gasteiger partial charge < -0.3 is 5.11 Å². The van der Waals surface area contributed by atoms with Gasteiger partial charge in [0.1, 0.15) is 0 Å². The molecule has 60 valence electrons. The van der Waals surface area contributed by atoms with Crippen LogP contribution in [0.25, 0.3) is 0 Å². The van der Waals surface area contributed by atoms with Gasteiger partial charge >= 0.3 is 5.97 Å². The van der Waals surface area contributed by atoms with Crippen LogP contribution < -0.4 is 0 Å². The van der Waals surface area contributed by atoms with Crippen LogP contribution in [0, 0.1) is 5.92 Å². The summed E-state index contributed by atoms with van der Waals surface area (Å²) in [5, 5.41) is 8.36. The molecule has 1 aliphatic rings. The van der Waals surface area contributed by atoms with Crippen LogP contribution in [0.5, 0.6) is 0 Å². The first-order chi connectivity index (χ1) is 5.22. The minimum absolute atomic E-state index is 0.280. The van der Waals surface area contributed by atoms with Crippen molar-refractivity contribution in [2.75, 3.05) is 0 Å². The first-order valence-electron chi connectivity index (χ1n) is 3.64. The van der Waals surface area contributed by atoms with E-state index in [9.17, 15) is 9.59 Å². The fraction of sp³-hybridized carbons (Fsp3) is 0.500. The maximum atomic E-state index is 10.9. The average Bonchev–Trinajstić information content (AvgIpc) is 2.05. The van der Waals surface area contributed by atoms with Crippen molar-refractivity contribution in [3.05, 3.63) is 12.2 Å². The highest BCUT2D eigenvalue weighted by atomic mass is 16.4. The number of allylic oxidation sites excluding steroid dienone is 2. The molecule has 0 radical (unpaired) electrons. The summed E-state index contributed by atoms with van der Waals surface area (Å²) in [6.45, 7) is 0. The molecule has 1 N–H and O–H groups in total. The van der Waals surface area contributed by atoms with Crippen molar-refractivity contribution in [2.45, 2.75) is 19.3 Å². The molecule has 0 spiro atoms. The Labute approximate surface area is 64.7 Å². The first-order valence-corrected chi connectivity index (χ1v) is 3.64. The number of carboxylic acids is 1. The third-order valence-electron chi connectivity index (χ3n) is 1.85. The molecule has 3 nitrogen and oxygen atoms in total. The van der Waals surface area contributed by atoms with Crippen LogP contribution >= 0.6 is 0 Å². The molecule has 0 saturated carbocycles. The van der Waals surface area contributed by atoms with Gasteiger partial charge in [-0.15, -0.1) is 0 Å². The molecule has 1 aliphatic carbocycles. The quantitative estimate of drug-likeness (QED) is 0.476. The second kappa shape index (κ2) is 3.32. The van der Waals surface area contributed by atoms with Gasteiger partial charge in [-0.1, -0.05) is 12.2 Å². The molecule has 0 saturated heterocycles. The van der Waals surface area contributed by atoms with E-state index in [1.54, 1.807) is 0 Å². The molecule has 1 rings (SSSR count). The molecule has 0 aromatic carbocycles. The minimum atomic E-state index is -1.30. The van der Waals surface area contributed by atoms with Crippen LogP contribution in [0.2, 0.25) is 0 Å². The Morgan fingerprint density at radius 3 is 2.55 bits per heavy atom. The number of carbonyl (C=O) groups is 2. The van der Waals surface area contributed by atoms with E-state index in [1.807, 2.05) is 12.2 Å². The summed E-state index contributed by atoms with van der Waals surface area (Å²) in [4.78, 5) is 21.1. The van der Waals surface area contributed by atoms with E-state index in [-0.39, 0.29) is 5.92 Å². The standard InChI is InChI=1S/C8H10O3/c9-7(8(10)11)6-4-2-1-3-5-6/h1-2,6H,3-5H2,(H,10,11). The van der Waals surface area contributed by atoms with Gasteiger partial charge in [-0.05, 0) is 19.3 Å². The predicted octanol–water partition coefficient (Wildman–Crippen LogP) is 0.996. The van der Waals surface area contributed by atoms with E-state index >= 15 is 0 Å². The number of carboxylic acid groups (broad SMARTS) is 1. The molecule has 0 aromatic heterocycles. The summed E-state index contributed by atoms with van der Waals surface area (Å²) in [5.41, 5.74) is 0. The number of hydrogen-bond donors (Lipinski definition) is 1. The number of carbonyl (C=O) groups excluding carboxylic acids is 1. The van der Waals surface area contributed by atoms with Gasteiger partial charge in [0.15, 0.2) is 0 Å². The minimum Gasteiger partial charge on any atom is -0.475 e. The fourth-order valence-corrected chi connectivity index (χ4v) is 1.21. The van der Waals surface area contributed by atoms with E-state index in [2.05, 4.69) is 0 Å². The molecule has 1 atom stereocenters. The molecule has 11 heavy (non-hydrogen) atoms. The number of hydrogen-bond acceptors (Lipinski definition) is 2. The Bertz CT molecular complexity index is 205. The van der Waals surface area contributed by atoms with Crippen molar-refractivity contribution in [3.8, 4) is 0 Å². The highest BCUT2D eigenvalue weighted by Gasteiger charge is 2.24. The highest BCUT2D eigenvalue weighted by Crippen LogP contribution is 2.18. The molecule has 0 aliphatic heterocycles. The third kappa shape index (κ3) is 1.90. The lowest BCUT2D eigenvalue weighted by molar-refractivity contribution is -0.151. The molecule has 3 heteroatoms. The zero-order valence-corrected chi connectivity index (χ0v) is 6.12. The summed E-state index contributed by atoms with van der Waals surface area (Å²) in [5.74, 6) is -2.22. The van der Waals surface area contributed by atoms with Gasteiger partial charge in [0.25, 0.3) is 0 Å². The molecule has 0 heterocycles. The second-order valence-electron chi connectivity index (χ2n) is 2.65. The maximum Gasteiger partial charge on any atom is 0.372 e. The summed E-state index contributed by atoms with van der Waals surface area (Å²) in [6, 6.07) is 0. The van der Waals surface area contributed by atoms with Crippen molar-refractivity contribution in [2.24, 2.45) is 5.92 Å². The van der Waals surface area contributed by atoms with Crippen LogP contribution in [0.1, 0.15) is 19.3 Å². The Morgan fingerprint density at radius 2 is 2.09 bits per heavy atom. The molecule has 0 amide bonds. The zero-order valence-electron chi connectivity index (χ0n) is 6.12. The van der Waals surface area contributed by atoms with E-state index in [1.165, 1.54) is 0 Å². The van der Waals surface area contributed by atoms with Gasteiger partial charge in [0, 0.05) is 5.92 Å². The third-order valence-corrected chi connectivity index (χ3v) is 1.85. The number of ketones is 1. The topological polar surface area (TPSA) is 54.4 Å². The molecular weight excluding hydrogens is 144 g/mol. The van der Waals surface area contributed by atoms with Crippen LogP contribution in [-0.2, 0) is 9.59 Å². The molecule has 0 fully saturated rings. The lowest BCUT2D eigenvalue weighted by Gasteiger charge is -2.12. The molecule has 0 bridgehead atoms. The Kier molecular flexibility index (Phi) is 2.41. The number of Topliss-reactive ketones (excluding diaryl/α,β-unsaturated/α-hetero) is 1. The maximum absolute atomic E-state index is 10.9. The van der Waals surface area contributed by atoms with Crippen LogP contribution in [0.3, 0.4) is 0 Å². The number of rotatable bonds is 2. The van der Waals surface area contributed by atoms with E-state index < -0.39 is 11.8 Å². The van der Waals surface area contributed by atoms with Crippen molar-refractivity contribution in [3.63, 3.8) is 0 Å². The molecular formula is C8H10O3. The van der Waals surface area contributed by atoms with E-state index in [0.29, 0.717) is 12.8 Å². The van der Waals surface area contributed by atoms with Gasteiger partial charge in [0.2, 0.25) is 5.78 Å². The normalized spacial score (nSPS) is 23.1. The lowest BCUT2D eigenvalue weighted by Crippen LogP contribution is -2.23. The highest BCUT2D eigenvalue weighted by molar-refractivity contribution is 6.33.